The van der Waals surface area contributed by atoms with Gasteiger partial charge >= 0.3 is 0 Å². The second kappa shape index (κ2) is 3.09. The van der Waals surface area contributed by atoms with E-state index in [0.29, 0.717) is 0 Å². The van der Waals surface area contributed by atoms with Gasteiger partial charge in [0, 0.05) is 16.2 Å². The summed E-state index contributed by atoms with van der Waals surface area (Å²) in [7, 11) is 0. The highest BCUT2D eigenvalue weighted by Crippen LogP contribution is 2.26. The van der Waals surface area contributed by atoms with Gasteiger partial charge in [-0.15, -0.1) is 0 Å². The predicted octanol–water partition coefficient (Wildman–Crippen LogP) is 3.33. The van der Waals surface area contributed by atoms with Gasteiger partial charge in [-0.05, 0) is 43.5 Å². The molecule has 2 heteroatoms. The van der Waals surface area contributed by atoms with Crippen LogP contribution >= 0.6 is 15.9 Å². The van der Waals surface area contributed by atoms with Crippen LogP contribution in [0, 0.1) is 6.92 Å². The van der Waals surface area contributed by atoms with E-state index in [4.69, 9.17) is 0 Å². The van der Waals surface area contributed by atoms with Gasteiger partial charge in [0.2, 0.25) is 0 Å². The Morgan fingerprint density at radius 1 is 1.33 bits per heavy atom. The minimum Gasteiger partial charge on any atom is -0.382 e. The Balaban J connectivity index is 2.18. The molecular weight excluding hydrogens is 214 g/mol. The molecule has 1 N–H and O–H groups in total. The van der Waals surface area contributed by atoms with Gasteiger partial charge in [0.05, 0.1) is 0 Å². The van der Waals surface area contributed by atoms with Crippen LogP contribution in [0.1, 0.15) is 18.4 Å². The van der Waals surface area contributed by atoms with E-state index < -0.39 is 0 Å². The summed E-state index contributed by atoms with van der Waals surface area (Å²) in [4.78, 5) is 0. The Morgan fingerprint density at radius 2 is 2.08 bits per heavy atom. The van der Waals surface area contributed by atoms with Crippen LogP contribution in [-0.4, -0.2) is 6.04 Å². The summed E-state index contributed by atoms with van der Waals surface area (Å²) >= 11 is 3.48. The molecule has 12 heavy (non-hydrogen) atoms. The minimum atomic E-state index is 0.735. The highest BCUT2D eigenvalue weighted by Gasteiger charge is 2.20. The van der Waals surface area contributed by atoms with Gasteiger partial charge < -0.3 is 5.32 Å². The van der Waals surface area contributed by atoms with Crippen molar-refractivity contribution >= 4 is 21.6 Å². The number of nitrogens with one attached hydrogen (secondary N) is 1. The highest BCUT2D eigenvalue weighted by molar-refractivity contribution is 9.10. The lowest BCUT2D eigenvalue weighted by molar-refractivity contribution is 1.15. The van der Waals surface area contributed by atoms with Crippen LogP contribution in [0.3, 0.4) is 0 Å². The maximum absolute atomic E-state index is 3.48. The molecule has 64 valence electrons. The Kier molecular flexibility index (Phi) is 2.09. The first-order valence-corrected chi connectivity index (χ1v) is 5.07. The standard InChI is InChI=1S/C10H12BrN/c1-7-4-8(11)6-10(5-7)12-9-2-3-9/h4-6,9,12H,2-3H2,1H3. The average Bonchev–Trinajstić information content (AvgIpc) is 2.68. The molecule has 0 aliphatic heterocycles. The number of benzene rings is 1. The van der Waals surface area contributed by atoms with Crippen LogP contribution < -0.4 is 5.32 Å². The van der Waals surface area contributed by atoms with Gasteiger partial charge in [-0.3, -0.25) is 0 Å². The minimum absolute atomic E-state index is 0.735. The SMILES string of the molecule is Cc1cc(Br)cc(NC2CC2)c1. The molecule has 0 bridgehead atoms. The van der Waals surface area contributed by atoms with Gasteiger partial charge in [0.25, 0.3) is 0 Å². The van der Waals surface area contributed by atoms with Gasteiger partial charge in [-0.2, -0.15) is 0 Å². The van der Waals surface area contributed by atoms with Gasteiger partial charge in [-0.25, -0.2) is 0 Å². The molecule has 1 fully saturated rings. The fourth-order valence-electron chi connectivity index (χ4n) is 1.28. The van der Waals surface area contributed by atoms with Crippen LogP contribution in [0.2, 0.25) is 0 Å². The fraction of sp³-hybridized carbons (Fsp3) is 0.400. The first-order chi connectivity index (χ1) is 5.74. The molecule has 1 aliphatic rings. The maximum atomic E-state index is 3.48. The number of aryl methyl sites for hydroxylation is 1. The Labute approximate surface area is 81.3 Å². The Morgan fingerprint density at radius 3 is 2.67 bits per heavy atom. The third-order valence-electron chi connectivity index (χ3n) is 1.99. The largest absolute Gasteiger partial charge is 0.382 e. The van der Waals surface area contributed by atoms with Crippen molar-refractivity contribution in [3.05, 3.63) is 28.2 Å². The quantitative estimate of drug-likeness (QED) is 0.815. The summed E-state index contributed by atoms with van der Waals surface area (Å²) in [5.41, 5.74) is 2.54. The highest BCUT2D eigenvalue weighted by atomic mass is 79.9. The van der Waals surface area contributed by atoms with Gasteiger partial charge in [0.15, 0.2) is 0 Å². The predicted molar refractivity (Wildman–Crippen MR) is 55.5 cm³/mol. The van der Waals surface area contributed by atoms with E-state index in [2.05, 4.69) is 46.4 Å². The summed E-state index contributed by atoms with van der Waals surface area (Å²) in [5.74, 6) is 0. The van der Waals surface area contributed by atoms with E-state index in [0.717, 1.165) is 10.5 Å². The molecule has 0 atom stereocenters. The van der Waals surface area contributed by atoms with E-state index in [1.165, 1.54) is 24.1 Å². The van der Waals surface area contributed by atoms with E-state index in [1.54, 1.807) is 0 Å². The lowest BCUT2D eigenvalue weighted by Crippen LogP contribution is -2.00. The zero-order chi connectivity index (χ0) is 8.55. The third kappa shape index (κ3) is 2.01. The Hall–Kier alpha value is -0.500. The molecule has 0 aromatic heterocycles. The molecule has 0 unspecified atom stereocenters. The zero-order valence-corrected chi connectivity index (χ0v) is 8.69. The van der Waals surface area contributed by atoms with Crippen molar-refractivity contribution in [3.63, 3.8) is 0 Å². The van der Waals surface area contributed by atoms with Gasteiger partial charge in [-0.1, -0.05) is 15.9 Å². The summed E-state index contributed by atoms with van der Waals surface area (Å²) in [6, 6.07) is 7.17. The lowest BCUT2D eigenvalue weighted by atomic mass is 10.2. The van der Waals surface area contributed by atoms with E-state index in [9.17, 15) is 0 Å². The smallest absolute Gasteiger partial charge is 0.0356 e. The first kappa shape index (κ1) is 8.11. The van der Waals surface area contributed by atoms with Crippen molar-refractivity contribution in [1.29, 1.82) is 0 Å². The normalized spacial score (nSPS) is 16.2. The van der Waals surface area contributed by atoms with E-state index in [1.807, 2.05) is 0 Å². The number of hydrogen-bond donors (Lipinski definition) is 1. The molecule has 0 saturated heterocycles. The molecule has 0 heterocycles. The van der Waals surface area contributed by atoms with E-state index >= 15 is 0 Å². The second-order valence-corrected chi connectivity index (χ2v) is 4.35. The molecular formula is C10H12BrN. The lowest BCUT2D eigenvalue weighted by Gasteiger charge is -2.05. The van der Waals surface area contributed by atoms with E-state index in [-0.39, 0.29) is 0 Å². The number of anilines is 1. The molecule has 1 aromatic rings. The topological polar surface area (TPSA) is 12.0 Å². The third-order valence-corrected chi connectivity index (χ3v) is 2.45. The van der Waals surface area contributed by atoms with Crippen molar-refractivity contribution in [3.8, 4) is 0 Å². The van der Waals surface area contributed by atoms with Crippen LogP contribution in [0.4, 0.5) is 5.69 Å². The molecule has 1 saturated carbocycles. The molecule has 0 amide bonds. The summed E-state index contributed by atoms with van der Waals surface area (Å²) < 4.78 is 1.16. The zero-order valence-electron chi connectivity index (χ0n) is 7.10. The van der Waals surface area contributed by atoms with Crippen molar-refractivity contribution < 1.29 is 0 Å². The van der Waals surface area contributed by atoms with Crippen molar-refractivity contribution in [1.82, 2.24) is 0 Å². The van der Waals surface area contributed by atoms with Crippen molar-refractivity contribution in [2.75, 3.05) is 5.32 Å². The van der Waals surface area contributed by atoms with Crippen LogP contribution in [-0.2, 0) is 0 Å². The number of halogens is 1. The molecule has 1 aromatic carbocycles. The fourth-order valence-corrected chi connectivity index (χ4v) is 1.89. The van der Waals surface area contributed by atoms with Crippen LogP contribution in [0.5, 0.6) is 0 Å². The maximum Gasteiger partial charge on any atom is 0.0356 e. The number of hydrogen-bond acceptors (Lipinski definition) is 1. The van der Waals surface area contributed by atoms with Crippen molar-refractivity contribution in [2.45, 2.75) is 25.8 Å². The monoisotopic (exact) mass is 225 g/mol. The second-order valence-electron chi connectivity index (χ2n) is 3.44. The van der Waals surface area contributed by atoms with Crippen LogP contribution in [0.15, 0.2) is 22.7 Å². The van der Waals surface area contributed by atoms with Crippen molar-refractivity contribution in [2.24, 2.45) is 0 Å². The number of rotatable bonds is 2. The molecule has 0 spiro atoms. The Bertz CT molecular complexity index is 272. The van der Waals surface area contributed by atoms with Gasteiger partial charge in [0.1, 0.15) is 0 Å². The molecule has 1 nitrogen and oxygen atoms in total. The molecule has 2 rings (SSSR count). The average molecular weight is 226 g/mol. The molecule has 0 radical (unpaired) electrons. The van der Waals surface area contributed by atoms with Crippen LogP contribution in [0.25, 0.3) is 0 Å². The first-order valence-electron chi connectivity index (χ1n) is 4.28. The summed E-state index contributed by atoms with van der Waals surface area (Å²) in [5, 5.41) is 3.47. The summed E-state index contributed by atoms with van der Waals surface area (Å²) in [6.45, 7) is 2.11. The summed E-state index contributed by atoms with van der Waals surface area (Å²) in [6.07, 6.45) is 2.65. The molecule has 1 aliphatic carbocycles.